The Balaban J connectivity index is 2.85. The van der Waals surface area contributed by atoms with Crippen LogP contribution >= 0.6 is 11.6 Å². The summed E-state index contributed by atoms with van der Waals surface area (Å²) in [4.78, 5) is 0. The first-order valence-electron chi connectivity index (χ1n) is 4.50. The van der Waals surface area contributed by atoms with E-state index in [1.54, 1.807) is 13.0 Å². The number of halogens is 2. The van der Waals surface area contributed by atoms with E-state index in [9.17, 15) is 9.50 Å². The monoisotopic (exact) mass is 230 g/mol. The van der Waals surface area contributed by atoms with Crippen LogP contribution in [0.2, 0.25) is 0 Å². The fourth-order valence-corrected chi connectivity index (χ4v) is 1.22. The molecule has 0 fully saturated rings. The second-order valence-electron chi connectivity index (χ2n) is 3.03. The second kappa shape index (κ2) is 5.73. The molecule has 2 nitrogen and oxygen atoms in total. The van der Waals surface area contributed by atoms with Gasteiger partial charge in [0.2, 0.25) is 0 Å². The normalized spacial score (nSPS) is 13.1. The molecule has 82 valence electrons. The number of rotatable bonds is 4. The molecule has 0 amide bonds. The Labute approximate surface area is 92.9 Å². The molecule has 1 unspecified atom stereocenters. The van der Waals surface area contributed by atoms with E-state index in [0.717, 1.165) is 0 Å². The van der Waals surface area contributed by atoms with E-state index in [-0.39, 0.29) is 6.61 Å². The third-order valence-corrected chi connectivity index (χ3v) is 2.02. The maximum Gasteiger partial charge on any atom is 0.125 e. The van der Waals surface area contributed by atoms with Crippen LogP contribution in [0.4, 0.5) is 4.39 Å². The first-order chi connectivity index (χ1) is 7.15. The van der Waals surface area contributed by atoms with Crippen molar-refractivity contribution in [3.8, 4) is 5.75 Å². The molecule has 0 saturated carbocycles. The quantitative estimate of drug-likeness (QED) is 0.862. The SMILES string of the molecule is CC(O)c1cc(F)ccc1OCC=CCl. The van der Waals surface area contributed by atoms with E-state index in [4.69, 9.17) is 16.3 Å². The van der Waals surface area contributed by atoms with Crippen LogP contribution in [0.3, 0.4) is 0 Å². The molecular weight excluding hydrogens is 219 g/mol. The lowest BCUT2D eigenvalue weighted by atomic mass is 10.1. The zero-order valence-electron chi connectivity index (χ0n) is 8.28. The lowest BCUT2D eigenvalue weighted by Gasteiger charge is -2.12. The first kappa shape index (κ1) is 12.0. The molecule has 0 radical (unpaired) electrons. The predicted molar refractivity (Wildman–Crippen MR) is 57.5 cm³/mol. The Morgan fingerprint density at radius 3 is 2.93 bits per heavy atom. The van der Waals surface area contributed by atoms with Gasteiger partial charge in [-0.1, -0.05) is 11.6 Å². The summed E-state index contributed by atoms with van der Waals surface area (Å²) in [6, 6.07) is 4.02. The molecule has 0 bridgehead atoms. The van der Waals surface area contributed by atoms with Gasteiger partial charge in [0.25, 0.3) is 0 Å². The van der Waals surface area contributed by atoms with Crippen molar-refractivity contribution >= 4 is 11.6 Å². The van der Waals surface area contributed by atoms with Crippen molar-refractivity contribution in [1.82, 2.24) is 0 Å². The fourth-order valence-electron chi connectivity index (χ4n) is 1.15. The van der Waals surface area contributed by atoms with Gasteiger partial charge in [-0.15, -0.1) is 0 Å². The second-order valence-corrected chi connectivity index (χ2v) is 3.28. The molecule has 15 heavy (non-hydrogen) atoms. The molecule has 0 saturated heterocycles. The average Bonchev–Trinajstić information content (AvgIpc) is 2.20. The van der Waals surface area contributed by atoms with Gasteiger partial charge in [-0.05, 0) is 31.2 Å². The number of hydrogen-bond acceptors (Lipinski definition) is 2. The molecule has 0 aliphatic carbocycles. The van der Waals surface area contributed by atoms with E-state index < -0.39 is 11.9 Å². The summed E-state index contributed by atoms with van der Waals surface area (Å²) < 4.78 is 18.2. The van der Waals surface area contributed by atoms with Crippen LogP contribution in [0, 0.1) is 5.82 Å². The largest absolute Gasteiger partial charge is 0.489 e. The smallest absolute Gasteiger partial charge is 0.125 e. The molecule has 0 aliphatic heterocycles. The summed E-state index contributed by atoms with van der Waals surface area (Å²) in [6.45, 7) is 1.84. The van der Waals surface area contributed by atoms with Crippen LogP contribution in [-0.2, 0) is 0 Å². The minimum Gasteiger partial charge on any atom is -0.489 e. The predicted octanol–water partition coefficient (Wildman–Crippen LogP) is 3.01. The Bertz CT molecular complexity index is 350. The summed E-state index contributed by atoms with van der Waals surface area (Å²) in [5.74, 6) is 0.0623. The standard InChI is InChI=1S/C11H12ClFO2/c1-8(14)10-7-9(13)3-4-11(10)15-6-2-5-12/h2-5,7-8,14H,6H2,1H3. The highest BCUT2D eigenvalue weighted by molar-refractivity contribution is 6.25. The Morgan fingerprint density at radius 1 is 1.60 bits per heavy atom. The highest BCUT2D eigenvalue weighted by atomic mass is 35.5. The molecule has 4 heteroatoms. The Morgan fingerprint density at radius 2 is 2.33 bits per heavy atom. The van der Waals surface area contributed by atoms with E-state index in [1.807, 2.05) is 0 Å². The van der Waals surface area contributed by atoms with Crippen LogP contribution in [0.15, 0.2) is 29.8 Å². The minimum atomic E-state index is -0.768. The van der Waals surface area contributed by atoms with Gasteiger partial charge in [0.15, 0.2) is 0 Å². The van der Waals surface area contributed by atoms with Gasteiger partial charge in [-0.25, -0.2) is 4.39 Å². The first-order valence-corrected chi connectivity index (χ1v) is 4.94. The molecule has 0 aliphatic rings. The van der Waals surface area contributed by atoms with Gasteiger partial charge < -0.3 is 9.84 Å². The number of hydrogen-bond donors (Lipinski definition) is 1. The number of aliphatic hydroxyl groups is 1. The van der Waals surface area contributed by atoms with Crippen molar-refractivity contribution in [3.63, 3.8) is 0 Å². The van der Waals surface area contributed by atoms with Crippen LogP contribution in [0.25, 0.3) is 0 Å². The summed E-state index contributed by atoms with van der Waals surface area (Å²) in [7, 11) is 0. The summed E-state index contributed by atoms with van der Waals surface area (Å²) >= 11 is 5.33. The van der Waals surface area contributed by atoms with Crippen LogP contribution in [0.1, 0.15) is 18.6 Å². The third-order valence-electron chi connectivity index (χ3n) is 1.85. The van der Waals surface area contributed by atoms with Crippen molar-refractivity contribution in [3.05, 3.63) is 41.2 Å². The Kier molecular flexibility index (Phi) is 4.59. The van der Waals surface area contributed by atoms with Crippen molar-refractivity contribution in [2.75, 3.05) is 6.61 Å². The molecule has 0 aromatic heterocycles. The van der Waals surface area contributed by atoms with Gasteiger partial charge in [0.1, 0.15) is 18.2 Å². The average molecular weight is 231 g/mol. The minimum absolute atomic E-state index is 0.287. The van der Waals surface area contributed by atoms with Crippen molar-refractivity contribution in [2.24, 2.45) is 0 Å². The van der Waals surface area contributed by atoms with Crippen LogP contribution in [-0.4, -0.2) is 11.7 Å². The highest BCUT2D eigenvalue weighted by Gasteiger charge is 2.09. The molecular formula is C11H12ClFO2. The zero-order chi connectivity index (χ0) is 11.3. The fraction of sp³-hybridized carbons (Fsp3) is 0.273. The van der Waals surface area contributed by atoms with Crippen LogP contribution in [0.5, 0.6) is 5.75 Å². The molecule has 1 aromatic carbocycles. The highest BCUT2D eigenvalue weighted by Crippen LogP contribution is 2.25. The zero-order valence-corrected chi connectivity index (χ0v) is 9.04. The molecule has 0 heterocycles. The number of benzene rings is 1. The van der Waals surface area contributed by atoms with Gasteiger partial charge in [-0.3, -0.25) is 0 Å². The maximum absolute atomic E-state index is 12.9. The van der Waals surface area contributed by atoms with E-state index in [1.165, 1.54) is 23.7 Å². The third kappa shape index (κ3) is 3.53. The summed E-state index contributed by atoms with van der Waals surface area (Å²) in [5.41, 5.74) is 1.77. The topological polar surface area (TPSA) is 29.5 Å². The van der Waals surface area contributed by atoms with Crippen LogP contribution < -0.4 is 4.74 Å². The van der Waals surface area contributed by atoms with Crippen molar-refractivity contribution in [2.45, 2.75) is 13.0 Å². The molecule has 1 N–H and O–H groups in total. The molecule has 0 spiro atoms. The van der Waals surface area contributed by atoms with Crippen molar-refractivity contribution in [1.29, 1.82) is 0 Å². The summed E-state index contributed by atoms with van der Waals surface area (Å²) in [6.07, 6.45) is 0.840. The molecule has 1 atom stereocenters. The number of aliphatic hydroxyl groups excluding tert-OH is 1. The van der Waals surface area contributed by atoms with E-state index in [0.29, 0.717) is 11.3 Å². The number of ether oxygens (including phenoxy) is 1. The van der Waals surface area contributed by atoms with Gasteiger partial charge in [-0.2, -0.15) is 0 Å². The van der Waals surface area contributed by atoms with Crippen molar-refractivity contribution < 1.29 is 14.2 Å². The Hall–Kier alpha value is -1.06. The lowest BCUT2D eigenvalue weighted by Crippen LogP contribution is -2.01. The van der Waals surface area contributed by atoms with Gasteiger partial charge >= 0.3 is 0 Å². The van der Waals surface area contributed by atoms with Gasteiger partial charge in [0.05, 0.1) is 6.10 Å². The molecule has 1 aromatic rings. The maximum atomic E-state index is 12.9. The lowest BCUT2D eigenvalue weighted by molar-refractivity contribution is 0.192. The molecule has 1 rings (SSSR count). The van der Waals surface area contributed by atoms with E-state index >= 15 is 0 Å². The summed E-state index contributed by atoms with van der Waals surface area (Å²) in [5, 5.41) is 9.39. The van der Waals surface area contributed by atoms with E-state index in [2.05, 4.69) is 0 Å². The van der Waals surface area contributed by atoms with Gasteiger partial charge in [0, 0.05) is 11.1 Å².